The third-order valence-corrected chi connectivity index (χ3v) is 2.68. The van der Waals surface area contributed by atoms with Crippen LogP contribution in [0.25, 0.3) is 0 Å². The average Bonchev–Trinajstić information content (AvgIpc) is 2.45. The fraction of sp³-hybridized carbons (Fsp3) is 0.462. The van der Waals surface area contributed by atoms with Gasteiger partial charge in [0.05, 0.1) is 14.2 Å². The molecular formula is C13H15F4NO3. The van der Waals surface area contributed by atoms with E-state index < -0.39 is 18.3 Å². The van der Waals surface area contributed by atoms with Gasteiger partial charge in [0, 0.05) is 6.54 Å². The van der Waals surface area contributed by atoms with Crippen LogP contribution in [-0.4, -0.2) is 39.0 Å². The van der Waals surface area contributed by atoms with E-state index in [1.54, 1.807) is 18.2 Å². The van der Waals surface area contributed by atoms with Gasteiger partial charge in [0.1, 0.15) is 0 Å². The van der Waals surface area contributed by atoms with Crippen LogP contribution in [0.4, 0.5) is 17.6 Å². The zero-order chi connectivity index (χ0) is 16.0. The summed E-state index contributed by atoms with van der Waals surface area (Å²) in [5, 5.41) is 1.90. The summed E-state index contributed by atoms with van der Waals surface area (Å²) in [7, 11) is 2.91. The quantitative estimate of drug-likeness (QED) is 0.820. The van der Waals surface area contributed by atoms with Crippen molar-refractivity contribution in [3.8, 4) is 11.5 Å². The molecule has 0 saturated carbocycles. The first-order valence-electron chi connectivity index (χ1n) is 5.99. The molecule has 4 nitrogen and oxygen atoms in total. The number of carbonyl (C=O) groups is 1. The fourth-order valence-electron chi connectivity index (χ4n) is 1.60. The van der Waals surface area contributed by atoms with Gasteiger partial charge in [0.15, 0.2) is 11.5 Å². The lowest BCUT2D eigenvalue weighted by atomic mass is 10.1. The van der Waals surface area contributed by atoms with Gasteiger partial charge in [-0.15, -0.1) is 0 Å². The van der Waals surface area contributed by atoms with Crippen LogP contribution in [0.15, 0.2) is 18.2 Å². The number of halogens is 4. The number of alkyl halides is 4. The minimum atomic E-state index is -5.19. The highest BCUT2D eigenvalue weighted by atomic mass is 19.4. The van der Waals surface area contributed by atoms with E-state index in [-0.39, 0.29) is 13.0 Å². The number of hydrogen-bond donors (Lipinski definition) is 1. The van der Waals surface area contributed by atoms with Gasteiger partial charge in [0.2, 0.25) is 0 Å². The Morgan fingerprint density at radius 3 is 2.38 bits per heavy atom. The van der Waals surface area contributed by atoms with Gasteiger partial charge in [-0.3, -0.25) is 4.79 Å². The Bertz CT molecular complexity index is 491. The van der Waals surface area contributed by atoms with Crippen molar-refractivity contribution in [1.29, 1.82) is 0 Å². The Morgan fingerprint density at radius 2 is 1.86 bits per heavy atom. The molecule has 0 unspecified atom stereocenters. The van der Waals surface area contributed by atoms with E-state index in [1.807, 2.05) is 5.32 Å². The summed E-state index contributed by atoms with van der Waals surface area (Å²) in [6.45, 7) is -0.120. The third kappa shape index (κ3) is 4.80. The number of methoxy groups -OCH3 is 2. The van der Waals surface area contributed by atoms with E-state index in [4.69, 9.17) is 9.47 Å². The molecule has 0 saturated heterocycles. The van der Waals surface area contributed by atoms with E-state index in [2.05, 4.69) is 0 Å². The second-order valence-corrected chi connectivity index (χ2v) is 4.13. The summed E-state index contributed by atoms with van der Waals surface area (Å²) < 4.78 is 58.7. The molecule has 1 aromatic rings. The standard InChI is InChI=1S/C13H15F4NO3/c1-20-9-4-3-8(7-10(9)21-2)5-6-18-12(19)11(14)13(15,16)17/h3-4,7,11H,5-6H2,1-2H3,(H,18,19)/t11-/m0/s1. The largest absolute Gasteiger partial charge is 0.493 e. The van der Waals surface area contributed by atoms with Gasteiger partial charge in [0.25, 0.3) is 12.1 Å². The predicted octanol–water partition coefficient (Wildman–Crippen LogP) is 2.26. The summed E-state index contributed by atoms with van der Waals surface area (Å²) in [4.78, 5) is 11.0. The monoisotopic (exact) mass is 309 g/mol. The van der Waals surface area contributed by atoms with E-state index >= 15 is 0 Å². The van der Waals surface area contributed by atoms with Crippen LogP contribution < -0.4 is 14.8 Å². The predicted molar refractivity (Wildman–Crippen MR) is 67.2 cm³/mol. The number of nitrogens with one attached hydrogen (secondary N) is 1. The molecule has 1 atom stereocenters. The SMILES string of the molecule is COc1ccc(CCNC(=O)[C@H](F)C(F)(F)F)cc1OC. The maximum absolute atomic E-state index is 12.7. The Hall–Kier alpha value is -1.99. The van der Waals surface area contributed by atoms with Crippen LogP contribution in [0.5, 0.6) is 11.5 Å². The molecule has 118 valence electrons. The lowest BCUT2D eigenvalue weighted by Crippen LogP contribution is -2.41. The van der Waals surface area contributed by atoms with Gasteiger partial charge >= 0.3 is 6.18 Å². The Kier molecular flexibility index (Phi) is 5.80. The minimum absolute atomic E-state index is 0.120. The van der Waals surface area contributed by atoms with Gasteiger partial charge in [-0.25, -0.2) is 4.39 Å². The summed E-state index contributed by atoms with van der Waals surface area (Å²) in [5.74, 6) is -0.728. The molecule has 0 radical (unpaired) electrons. The van der Waals surface area contributed by atoms with E-state index in [0.717, 1.165) is 0 Å². The summed E-state index contributed by atoms with van der Waals surface area (Å²) >= 11 is 0. The maximum Gasteiger partial charge on any atom is 0.428 e. The average molecular weight is 309 g/mol. The van der Waals surface area contributed by atoms with Gasteiger partial charge in [-0.1, -0.05) is 6.07 Å². The van der Waals surface area contributed by atoms with Crippen LogP contribution in [0, 0.1) is 0 Å². The van der Waals surface area contributed by atoms with Crippen LogP contribution in [0.2, 0.25) is 0 Å². The molecule has 1 N–H and O–H groups in total. The first-order valence-corrected chi connectivity index (χ1v) is 5.99. The fourth-order valence-corrected chi connectivity index (χ4v) is 1.60. The van der Waals surface area contributed by atoms with E-state index in [0.29, 0.717) is 17.1 Å². The highest BCUT2D eigenvalue weighted by molar-refractivity contribution is 5.81. The van der Waals surface area contributed by atoms with Crippen molar-refractivity contribution in [3.05, 3.63) is 23.8 Å². The third-order valence-electron chi connectivity index (χ3n) is 2.68. The van der Waals surface area contributed by atoms with Crippen LogP contribution in [0.1, 0.15) is 5.56 Å². The number of amides is 1. The maximum atomic E-state index is 12.7. The minimum Gasteiger partial charge on any atom is -0.493 e. The molecule has 1 amide bonds. The van der Waals surface area contributed by atoms with Crippen LogP contribution in [-0.2, 0) is 11.2 Å². The van der Waals surface area contributed by atoms with Crippen molar-refractivity contribution in [2.24, 2.45) is 0 Å². The highest BCUT2D eigenvalue weighted by Crippen LogP contribution is 2.27. The van der Waals surface area contributed by atoms with Crippen molar-refractivity contribution < 1.29 is 31.8 Å². The molecule has 0 spiro atoms. The topological polar surface area (TPSA) is 47.6 Å². The molecule has 1 aromatic carbocycles. The van der Waals surface area contributed by atoms with Crippen molar-refractivity contribution in [3.63, 3.8) is 0 Å². The summed E-state index contributed by atoms with van der Waals surface area (Å²) in [5.41, 5.74) is 0.704. The zero-order valence-electron chi connectivity index (χ0n) is 11.5. The highest BCUT2D eigenvalue weighted by Gasteiger charge is 2.45. The summed E-state index contributed by atoms with van der Waals surface area (Å²) in [6.07, 6.45) is -8.47. The van der Waals surface area contributed by atoms with E-state index in [1.165, 1.54) is 14.2 Å². The van der Waals surface area contributed by atoms with Crippen LogP contribution >= 0.6 is 0 Å². The number of ether oxygens (including phenoxy) is 2. The van der Waals surface area contributed by atoms with Crippen molar-refractivity contribution >= 4 is 5.91 Å². The molecule has 0 bridgehead atoms. The lowest BCUT2D eigenvalue weighted by molar-refractivity contribution is -0.186. The number of hydrogen-bond acceptors (Lipinski definition) is 3. The first kappa shape index (κ1) is 17.1. The molecular weight excluding hydrogens is 294 g/mol. The normalized spacial score (nSPS) is 12.7. The molecule has 0 aliphatic rings. The van der Waals surface area contributed by atoms with Crippen molar-refractivity contribution in [1.82, 2.24) is 5.32 Å². The number of benzene rings is 1. The molecule has 0 aromatic heterocycles. The van der Waals surface area contributed by atoms with Crippen LogP contribution in [0.3, 0.4) is 0 Å². The smallest absolute Gasteiger partial charge is 0.428 e. The molecule has 0 fully saturated rings. The van der Waals surface area contributed by atoms with Gasteiger partial charge in [-0.05, 0) is 24.1 Å². The number of carbonyl (C=O) groups excluding carboxylic acids is 1. The summed E-state index contributed by atoms with van der Waals surface area (Å²) in [6, 6.07) is 4.93. The Morgan fingerprint density at radius 1 is 1.24 bits per heavy atom. The second-order valence-electron chi connectivity index (χ2n) is 4.13. The first-order chi connectivity index (χ1) is 9.79. The Balaban J connectivity index is 2.55. The molecule has 0 aliphatic carbocycles. The van der Waals surface area contributed by atoms with E-state index in [9.17, 15) is 22.4 Å². The zero-order valence-corrected chi connectivity index (χ0v) is 11.5. The van der Waals surface area contributed by atoms with Gasteiger partial charge in [-0.2, -0.15) is 13.2 Å². The molecule has 0 heterocycles. The molecule has 21 heavy (non-hydrogen) atoms. The molecule has 0 aliphatic heterocycles. The Labute approximate surface area is 119 Å². The van der Waals surface area contributed by atoms with Crippen molar-refractivity contribution in [2.45, 2.75) is 18.8 Å². The molecule has 8 heteroatoms. The van der Waals surface area contributed by atoms with Gasteiger partial charge < -0.3 is 14.8 Å². The number of rotatable bonds is 6. The van der Waals surface area contributed by atoms with Crippen molar-refractivity contribution in [2.75, 3.05) is 20.8 Å². The lowest BCUT2D eigenvalue weighted by Gasteiger charge is -2.13. The second kappa shape index (κ2) is 7.14. The molecule has 1 rings (SSSR count).